The van der Waals surface area contributed by atoms with Crippen LogP contribution in [0.2, 0.25) is 0 Å². The molecule has 0 spiro atoms. The smallest absolute Gasteiger partial charge is 0.0808 e. The number of rotatable bonds is 7. The first-order valence-corrected chi connectivity index (χ1v) is 7.57. The second-order valence-corrected chi connectivity index (χ2v) is 5.68. The zero-order valence-electron chi connectivity index (χ0n) is 12.0. The molecule has 1 saturated carbocycles. The van der Waals surface area contributed by atoms with Gasteiger partial charge in [0.1, 0.15) is 0 Å². The Kier molecular flexibility index (Phi) is 6.50. The molecule has 1 aliphatic carbocycles. The van der Waals surface area contributed by atoms with Crippen LogP contribution in [-0.2, 0) is 4.74 Å². The van der Waals surface area contributed by atoms with E-state index in [9.17, 15) is 0 Å². The molecule has 1 aliphatic rings. The summed E-state index contributed by atoms with van der Waals surface area (Å²) in [7, 11) is 0. The van der Waals surface area contributed by atoms with E-state index in [0.29, 0.717) is 12.6 Å². The van der Waals surface area contributed by atoms with Gasteiger partial charge in [0, 0.05) is 6.54 Å². The Balaban J connectivity index is 2.48. The van der Waals surface area contributed by atoms with Crippen LogP contribution in [0.1, 0.15) is 72.1 Å². The maximum atomic E-state index is 6.33. The summed E-state index contributed by atoms with van der Waals surface area (Å²) in [6.07, 6.45) is 10.3. The predicted octanol–water partition coefficient (Wildman–Crippen LogP) is 3.88. The normalized spacial score (nSPS) is 29.8. The first-order valence-electron chi connectivity index (χ1n) is 7.57. The standard InChI is InChI=1S/C15H31NO/c1-4-7-13-8-10-15(12-16,11-9-13)17-14(5-2)6-3/h13-14H,4-12,16H2,1-3H3. The van der Waals surface area contributed by atoms with Crippen LogP contribution in [0, 0.1) is 5.92 Å². The topological polar surface area (TPSA) is 35.2 Å². The SMILES string of the molecule is CCCC1CCC(CN)(OC(CC)CC)CC1. The summed E-state index contributed by atoms with van der Waals surface area (Å²) in [5.74, 6) is 0.921. The molecule has 1 fully saturated rings. The highest BCUT2D eigenvalue weighted by Gasteiger charge is 2.36. The zero-order chi connectivity index (χ0) is 12.7. The number of ether oxygens (including phenoxy) is 1. The van der Waals surface area contributed by atoms with Crippen molar-refractivity contribution in [2.45, 2.75) is 83.8 Å². The van der Waals surface area contributed by atoms with E-state index in [1.165, 1.54) is 38.5 Å². The first kappa shape index (κ1) is 15.0. The van der Waals surface area contributed by atoms with Crippen molar-refractivity contribution in [3.05, 3.63) is 0 Å². The number of nitrogens with two attached hydrogens (primary N) is 1. The molecule has 0 amide bonds. The van der Waals surface area contributed by atoms with Crippen LogP contribution < -0.4 is 5.73 Å². The molecule has 2 N–H and O–H groups in total. The molecule has 0 radical (unpaired) electrons. The van der Waals surface area contributed by atoms with E-state index in [1.54, 1.807) is 0 Å². The van der Waals surface area contributed by atoms with Crippen molar-refractivity contribution >= 4 is 0 Å². The molecule has 102 valence electrons. The molecule has 0 aromatic rings. The molecule has 0 atom stereocenters. The van der Waals surface area contributed by atoms with Gasteiger partial charge in [0.15, 0.2) is 0 Å². The summed E-state index contributed by atoms with van der Waals surface area (Å²) >= 11 is 0. The molecule has 0 unspecified atom stereocenters. The van der Waals surface area contributed by atoms with Gasteiger partial charge in [-0.3, -0.25) is 0 Å². The van der Waals surface area contributed by atoms with Crippen LogP contribution in [0.4, 0.5) is 0 Å². The Morgan fingerprint density at radius 1 is 1.18 bits per heavy atom. The van der Waals surface area contributed by atoms with Gasteiger partial charge in [-0.05, 0) is 44.4 Å². The van der Waals surface area contributed by atoms with Gasteiger partial charge < -0.3 is 10.5 Å². The molecular formula is C15H31NO. The summed E-state index contributed by atoms with van der Waals surface area (Å²) in [6.45, 7) is 7.40. The van der Waals surface area contributed by atoms with Crippen molar-refractivity contribution in [1.82, 2.24) is 0 Å². The minimum atomic E-state index is 0.000921. The number of hydrogen-bond acceptors (Lipinski definition) is 2. The highest BCUT2D eigenvalue weighted by molar-refractivity contribution is 4.89. The van der Waals surface area contributed by atoms with E-state index in [2.05, 4.69) is 20.8 Å². The third-order valence-corrected chi connectivity index (χ3v) is 4.41. The van der Waals surface area contributed by atoms with Gasteiger partial charge in [0.05, 0.1) is 11.7 Å². The minimum absolute atomic E-state index is 0.000921. The molecule has 1 rings (SSSR count). The molecule has 0 saturated heterocycles. The molecule has 0 heterocycles. The van der Waals surface area contributed by atoms with Crippen molar-refractivity contribution in [3.63, 3.8) is 0 Å². The molecule has 0 aromatic heterocycles. The largest absolute Gasteiger partial charge is 0.370 e. The lowest BCUT2D eigenvalue weighted by Crippen LogP contribution is -2.46. The maximum absolute atomic E-state index is 6.33. The Morgan fingerprint density at radius 3 is 2.18 bits per heavy atom. The van der Waals surface area contributed by atoms with Crippen molar-refractivity contribution < 1.29 is 4.74 Å². The van der Waals surface area contributed by atoms with Gasteiger partial charge in [-0.25, -0.2) is 0 Å². The molecule has 0 bridgehead atoms. The van der Waals surface area contributed by atoms with E-state index in [1.807, 2.05) is 0 Å². The van der Waals surface area contributed by atoms with Crippen LogP contribution in [-0.4, -0.2) is 18.2 Å². The van der Waals surface area contributed by atoms with Crippen LogP contribution in [0.5, 0.6) is 0 Å². The fraction of sp³-hybridized carbons (Fsp3) is 1.00. The monoisotopic (exact) mass is 241 g/mol. The van der Waals surface area contributed by atoms with Crippen molar-refractivity contribution in [2.75, 3.05) is 6.54 Å². The molecular weight excluding hydrogens is 210 g/mol. The fourth-order valence-electron chi connectivity index (χ4n) is 3.08. The second kappa shape index (κ2) is 7.38. The maximum Gasteiger partial charge on any atom is 0.0808 e. The van der Waals surface area contributed by atoms with Crippen LogP contribution in [0.3, 0.4) is 0 Å². The zero-order valence-corrected chi connectivity index (χ0v) is 12.0. The third-order valence-electron chi connectivity index (χ3n) is 4.41. The lowest BCUT2D eigenvalue weighted by Gasteiger charge is -2.41. The molecule has 17 heavy (non-hydrogen) atoms. The van der Waals surface area contributed by atoms with Crippen LogP contribution in [0.15, 0.2) is 0 Å². The number of hydrogen-bond donors (Lipinski definition) is 1. The molecule has 2 nitrogen and oxygen atoms in total. The Morgan fingerprint density at radius 2 is 1.76 bits per heavy atom. The second-order valence-electron chi connectivity index (χ2n) is 5.68. The lowest BCUT2D eigenvalue weighted by atomic mass is 9.77. The van der Waals surface area contributed by atoms with Gasteiger partial charge in [-0.2, -0.15) is 0 Å². The van der Waals surface area contributed by atoms with E-state index >= 15 is 0 Å². The summed E-state index contributed by atoms with van der Waals surface area (Å²) in [5, 5.41) is 0. The summed E-state index contributed by atoms with van der Waals surface area (Å²) in [5.41, 5.74) is 5.99. The molecule has 2 heteroatoms. The highest BCUT2D eigenvalue weighted by Crippen LogP contribution is 2.37. The summed E-state index contributed by atoms with van der Waals surface area (Å²) < 4.78 is 6.33. The quantitative estimate of drug-likeness (QED) is 0.734. The highest BCUT2D eigenvalue weighted by atomic mass is 16.5. The fourth-order valence-corrected chi connectivity index (χ4v) is 3.08. The van der Waals surface area contributed by atoms with Crippen molar-refractivity contribution in [1.29, 1.82) is 0 Å². The van der Waals surface area contributed by atoms with E-state index in [-0.39, 0.29) is 5.60 Å². The van der Waals surface area contributed by atoms with Gasteiger partial charge in [0.2, 0.25) is 0 Å². The predicted molar refractivity (Wildman–Crippen MR) is 74.1 cm³/mol. The van der Waals surface area contributed by atoms with Gasteiger partial charge in [-0.15, -0.1) is 0 Å². The Hall–Kier alpha value is -0.0800. The van der Waals surface area contributed by atoms with E-state index in [4.69, 9.17) is 10.5 Å². The van der Waals surface area contributed by atoms with E-state index < -0.39 is 0 Å². The van der Waals surface area contributed by atoms with E-state index in [0.717, 1.165) is 18.8 Å². The van der Waals surface area contributed by atoms with Crippen molar-refractivity contribution in [2.24, 2.45) is 11.7 Å². The minimum Gasteiger partial charge on any atom is -0.370 e. The summed E-state index contributed by atoms with van der Waals surface area (Å²) in [6, 6.07) is 0. The average Bonchev–Trinajstić information content (AvgIpc) is 2.38. The van der Waals surface area contributed by atoms with Crippen molar-refractivity contribution in [3.8, 4) is 0 Å². The van der Waals surface area contributed by atoms with Crippen LogP contribution in [0.25, 0.3) is 0 Å². The third kappa shape index (κ3) is 4.26. The first-order chi connectivity index (χ1) is 8.19. The Labute approximate surface area is 107 Å². The molecule has 0 aliphatic heterocycles. The van der Waals surface area contributed by atoms with Crippen LogP contribution >= 0.6 is 0 Å². The summed E-state index contributed by atoms with van der Waals surface area (Å²) in [4.78, 5) is 0. The van der Waals surface area contributed by atoms with Gasteiger partial charge in [0.25, 0.3) is 0 Å². The van der Waals surface area contributed by atoms with Gasteiger partial charge >= 0.3 is 0 Å². The average molecular weight is 241 g/mol. The lowest BCUT2D eigenvalue weighted by molar-refractivity contribution is -0.116. The molecule has 0 aromatic carbocycles. The van der Waals surface area contributed by atoms with Gasteiger partial charge in [-0.1, -0.05) is 33.6 Å². The Bertz CT molecular complexity index is 193.